The Balaban J connectivity index is 1.96. The van der Waals surface area contributed by atoms with Crippen molar-refractivity contribution in [2.45, 2.75) is 6.42 Å². The van der Waals surface area contributed by atoms with E-state index >= 15 is 0 Å². The monoisotopic (exact) mass is 286 g/mol. The van der Waals surface area contributed by atoms with Crippen LogP contribution in [-0.2, 0) is 14.3 Å². The molecule has 7 nitrogen and oxygen atoms in total. The van der Waals surface area contributed by atoms with Gasteiger partial charge in [-0.2, -0.15) is 0 Å². The minimum absolute atomic E-state index is 0.0181. The number of nitrogens with one attached hydrogen (secondary N) is 2. The van der Waals surface area contributed by atoms with E-state index in [-0.39, 0.29) is 11.8 Å². The van der Waals surface area contributed by atoms with E-state index in [0.717, 1.165) is 26.2 Å². The molecule has 1 aliphatic rings. The van der Waals surface area contributed by atoms with Crippen LogP contribution in [0.3, 0.4) is 0 Å². The Morgan fingerprint density at radius 2 is 1.95 bits per heavy atom. The molecule has 0 aromatic rings. The number of rotatable bonds is 8. The van der Waals surface area contributed by atoms with Gasteiger partial charge < -0.3 is 25.2 Å². The van der Waals surface area contributed by atoms with Crippen LogP contribution in [0.25, 0.3) is 0 Å². The van der Waals surface area contributed by atoms with E-state index in [1.807, 2.05) is 23.9 Å². The number of carbonyl (C=O) groups excluding carboxylic acids is 2. The molecule has 2 N–H and O–H groups in total. The molecule has 1 saturated heterocycles. The minimum Gasteiger partial charge on any atom is -0.379 e. The van der Waals surface area contributed by atoms with E-state index in [4.69, 9.17) is 4.74 Å². The number of amides is 2. The Bertz CT molecular complexity index is 304. The van der Waals surface area contributed by atoms with E-state index in [1.54, 1.807) is 0 Å². The predicted octanol–water partition coefficient (Wildman–Crippen LogP) is -1.50. The van der Waals surface area contributed by atoms with E-state index in [1.165, 1.54) is 0 Å². The topological polar surface area (TPSA) is 73.9 Å². The summed E-state index contributed by atoms with van der Waals surface area (Å²) < 4.78 is 5.36. The van der Waals surface area contributed by atoms with Gasteiger partial charge in [-0.15, -0.1) is 0 Å². The van der Waals surface area contributed by atoms with Crippen LogP contribution in [0, 0.1) is 0 Å². The molecular formula is C13H26N4O3. The van der Waals surface area contributed by atoms with Crippen molar-refractivity contribution in [2.24, 2.45) is 0 Å². The zero-order valence-electron chi connectivity index (χ0n) is 12.5. The second kappa shape index (κ2) is 9.68. The lowest BCUT2D eigenvalue weighted by molar-refractivity contribution is -0.133. The van der Waals surface area contributed by atoms with Crippen molar-refractivity contribution in [1.29, 1.82) is 0 Å². The van der Waals surface area contributed by atoms with Crippen molar-refractivity contribution in [3.05, 3.63) is 0 Å². The molecular weight excluding hydrogens is 260 g/mol. The maximum atomic E-state index is 11.8. The van der Waals surface area contributed by atoms with Crippen molar-refractivity contribution >= 4 is 11.8 Å². The van der Waals surface area contributed by atoms with E-state index < -0.39 is 0 Å². The Hall–Kier alpha value is -1.18. The SMILES string of the molecule is CN(C)CC(=O)NCCOCCC(=O)N1CCNCC1. The lowest BCUT2D eigenvalue weighted by atomic mass is 10.3. The Morgan fingerprint density at radius 1 is 1.25 bits per heavy atom. The average Bonchev–Trinajstić information content (AvgIpc) is 2.42. The van der Waals surface area contributed by atoms with Gasteiger partial charge in [0.1, 0.15) is 0 Å². The fourth-order valence-electron chi connectivity index (χ4n) is 1.94. The van der Waals surface area contributed by atoms with Gasteiger partial charge >= 0.3 is 0 Å². The van der Waals surface area contributed by atoms with Gasteiger partial charge in [0, 0.05) is 32.7 Å². The van der Waals surface area contributed by atoms with E-state index in [9.17, 15) is 9.59 Å². The molecule has 1 aliphatic heterocycles. The van der Waals surface area contributed by atoms with Crippen LogP contribution in [0.15, 0.2) is 0 Å². The highest BCUT2D eigenvalue weighted by molar-refractivity contribution is 5.78. The van der Waals surface area contributed by atoms with Gasteiger partial charge in [-0.25, -0.2) is 0 Å². The van der Waals surface area contributed by atoms with Crippen molar-refractivity contribution in [2.75, 3.05) is 66.6 Å². The molecule has 0 atom stereocenters. The first-order valence-corrected chi connectivity index (χ1v) is 7.07. The van der Waals surface area contributed by atoms with Gasteiger partial charge in [0.15, 0.2) is 0 Å². The first-order chi connectivity index (χ1) is 9.59. The van der Waals surface area contributed by atoms with Crippen LogP contribution in [0.5, 0.6) is 0 Å². The average molecular weight is 286 g/mol. The molecule has 0 radical (unpaired) electrons. The van der Waals surface area contributed by atoms with Gasteiger partial charge in [-0.3, -0.25) is 9.59 Å². The number of piperazine rings is 1. The first kappa shape index (κ1) is 16.9. The maximum Gasteiger partial charge on any atom is 0.234 e. The number of hydrogen-bond acceptors (Lipinski definition) is 5. The molecule has 0 aromatic carbocycles. The summed E-state index contributed by atoms with van der Waals surface area (Å²) in [5.41, 5.74) is 0. The number of ether oxygens (including phenoxy) is 1. The smallest absolute Gasteiger partial charge is 0.234 e. The van der Waals surface area contributed by atoms with Crippen molar-refractivity contribution in [3.63, 3.8) is 0 Å². The molecule has 1 fully saturated rings. The Labute approximate surface area is 120 Å². The molecule has 1 heterocycles. The van der Waals surface area contributed by atoms with Crippen LogP contribution in [-0.4, -0.2) is 88.2 Å². The number of nitrogens with zero attached hydrogens (tertiary/aromatic N) is 2. The molecule has 7 heteroatoms. The zero-order valence-corrected chi connectivity index (χ0v) is 12.5. The third-order valence-electron chi connectivity index (χ3n) is 2.96. The van der Waals surface area contributed by atoms with Gasteiger partial charge in [0.25, 0.3) is 0 Å². The second-order valence-corrected chi connectivity index (χ2v) is 5.08. The third kappa shape index (κ3) is 7.42. The summed E-state index contributed by atoms with van der Waals surface area (Å²) in [6, 6.07) is 0. The summed E-state index contributed by atoms with van der Waals surface area (Å²) in [5, 5.41) is 5.97. The quantitative estimate of drug-likeness (QED) is 0.532. The van der Waals surface area contributed by atoms with Crippen LogP contribution in [0.4, 0.5) is 0 Å². The van der Waals surface area contributed by atoms with E-state index in [0.29, 0.717) is 32.7 Å². The van der Waals surface area contributed by atoms with Gasteiger partial charge in [0.05, 0.1) is 26.2 Å². The molecule has 0 unspecified atom stereocenters. The van der Waals surface area contributed by atoms with Gasteiger partial charge in [-0.05, 0) is 14.1 Å². The van der Waals surface area contributed by atoms with Crippen molar-refractivity contribution in [1.82, 2.24) is 20.4 Å². The molecule has 0 aromatic heterocycles. The fourth-order valence-corrected chi connectivity index (χ4v) is 1.94. The standard InChI is InChI=1S/C13H26N4O3/c1-16(2)11-12(18)15-6-10-20-9-3-13(19)17-7-4-14-5-8-17/h14H,3-11H2,1-2H3,(H,15,18). The summed E-state index contributed by atoms with van der Waals surface area (Å²) in [5.74, 6) is 0.124. The second-order valence-electron chi connectivity index (χ2n) is 5.08. The first-order valence-electron chi connectivity index (χ1n) is 7.07. The summed E-state index contributed by atoms with van der Waals surface area (Å²) in [6.07, 6.45) is 0.408. The largest absolute Gasteiger partial charge is 0.379 e. The van der Waals surface area contributed by atoms with Gasteiger partial charge in [-0.1, -0.05) is 0 Å². The summed E-state index contributed by atoms with van der Waals surface area (Å²) >= 11 is 0. The third-order valence-corrected chi connectivity index (χ3v) is 2.96. The van der Waals surface area contributed by atoms with Gasteiger partial charge in [0.2, 0.25) is 11.8 Å². The number of carbonyl (C=O) groups is 2. The molecule has 116 valence electrons. The van der Waals surface area contributed by atoms with Crippen molar-refractivity contribution in [3.8, 4) is 0 Å². The zero-order chi connectivity index (χ0) is 14.8. The minimum atomic E-state index is -0.0181. The van der Waals surface area contributed by atoms with Crippen LogP contribution in [0.1, 0.15) is 6.42 Å². The Morgan fingerprint density at radius 3 is 2.60 bits per heavy atom. The summed E-state index contributed by atoms with van der Waals surface area (Å²) in [7, 11) is 3.69. The predicted molar refractivity (Wildman–Crippen MR) is 76.4 cm³/mol. The molecule has 0 saturated carbocycles. The summed E-state index contributed by atoms with van der Waals surface area (Å²) in [4.78, 5) is 26.8. The molecule has 0 aliphatic carbocycles. The highest BCUT2D eigenvalue weighted by Crippen LogP contribution is 1.97. The lowest BCUT2D eigenvalue weighted by Crippen LogP contribution is -2.46. The number of likely N-dealkylation sites (N-methyl/N-ethyl adjacent to an activating group) is 1. The van der Waals surface area contributed by atoms with Crippen LogP contribution >= 0.6 is 0 Å². The van der Waals surface area contributed by atoms with Crippen LogP contribution in [0.2, 0.25) is 0 Å². The summed E-state index contributed by atoms with van der Waals surface area (Å²) in [6.45, 7) is 4.99. The molecule has 2 amide bonds. The van der Waals surface area contributed by atoms with Crippen LogP contribution < -0.4 is 10.6 Å². The molecule has 0 spiro atoms. The highest BCUT2D eigenvalue weighted by Gasteiger charge is 2.15. The molecule has 1 rings (SSSR count). The lowest BCUT2D eigenvalue weighted by Gasteiger charge is -2.27. The fraction of sp³-hybridized carbons (Fsp3) is 0.846. The number of hydrogen-bond donors (Lipinski definition) is 2. The van der Waals surface area contributed by atoms with E-state index in [2.05, 4.69) is 10.6 Å². The highest BCUT2D eigenvalue weighted by atomic mass is 16.5. The normalized spacial score (nSPS) is 15.4. The van der Waals surface area contributed by atoms with Crippen molar-refractivity contribution < 1.29 is 14.3 Å². The Kier molecular flexibility index (Phi) is 8.17. The maximum absolute atomic E-state index is 11.8. The molecule has 0 bridgehead atoms. The molecule has 20 heavy (non-hydrogen) atoms.